The zero-order chi connectivity index (χ0) is 20.7. The van der Waals surface area contributed by atoms with Gasteiger partial charge in [-0.15, -0.1) is 0 Å². The lowest BCUT2D eigenvalue weighted by Gasteiger charge is -2.41. The van der Waals surface area contributed by atoms with Crippen LogP contribution in [0.1, 0.15) is 6.92 Å². The summed E-state index contributed by atoms with van der Waals surface area (Å²) in [6, 6.07) is 13.0. The van der Waals surface area contributed by atoms with Gasteiger partial charge in [-0.1, -0.05) is 24.3 Å². The number of rotatable bonds is 10. The van der Waals surface area contributed by atoms with Crippen molar-refractivity contribution in [2.45, 2.75) is 31.0 Å². The number of hydrogen-bond donors (Lipinski definition) is 4. The van der Waals surface area contributed by atoms with Crippen LogP contribution in [0.4, 0.5) is 0 Å². The molecule has 3 unspecified atom stereocenters. The minimum absolute atomic E-state index is 0.132. The van der Waals surface area contributed by atoms with E-state index in [1.165, 1.54) is 33.3 Å². The summed E-state index contributed by atoms with van der Waals surface area (Å²) in [4.78, 5) is 0. The summed E-state index contributed by atoms with van der Waals surface area (Å²) in [5.41, 5.74) is 0. The molecule has 2 aromatic carbocycles. The fraction of sp³-hybridized carbons (Fsp3) is 0.400. The van der Waals surface area contributed by atoms with Gasteiger partial charge in [0, 0.05) is 0 Å². The number of methoxy groups -OCH3 is 2. The highest BCUT2D eigenvalue weighted by Crippen LogP contribution is 2.37. The Labute approximate surface area is 163 Å². The summed E-state index contributed by atoms with van der Waals surface area (Å²) in [5.74, 6) is -1.40. The molecular formula is C20H26O8. The first-order chi connectivity index (χ1) is 13.4. The number of ether oxygens (including phenoxy) is 4. The lowest BCUT2D eigenvalue weighted by atomic mass is 9.98. The fourth-order valence-corrected chi connectivity index (χ4v) is 2.69. The highest BCUT2D eigenvalue weighted by atomic mass is 16.7. The Morgan fingerprint density at radius 2 is 1.18 bits per heavy atom. The summed E-state index contributed by atoms with van der Waals surface area (Å²) >= 11 is 0. The molecule has 2 aromatic rings. The van der Waals surface area contributed by atoms with E-state index < -0.39 is 30.7 Å². The van der Waals surface area contributed by atoms with Gasteiger partial charge in [0.2, 0.25) is 0 Å². The van der Waals surface area contributed by atoms with Crippen molar-refractivity contribution >= 4 is 0 Å². The predicted octanol–water partition coefficient (Wildman–Crippen LogP) is 0.953. The van der Waals surface area contributed by atoms with E-state index in [-0.39, 0.29) is 11.5 Å². The molecule has 3 atom stereocenters. The average Bonchev–Trinajstić information content (AvgIpc) is 2.72. The van der Waals surface area contributed by atoms with Gasteiger partial charge in [-0.2, -0.15) is 0 Å². The largest absolute Gasteiger partial charge is 0.493 e. The first-order valence-electron chi connectivity index (χ1n) is 8.68. The van der Waals surface area contributed by atoms with Crippen LogP contribution in [0.5, 0.6) is 23.0 Å². The standard InChI is InChI=1S/C20H26O8/c1-13(22)19(24)20(18(23)12-21,27-16-10-6-4-8-14(16)25-2)28-17-11-7-5-9-15(17)26-3/h4-11,13,18-19,21-24H,12H2,1-3H3. The SMILES string of the molecule is COc1ccccc1OC(Oc1ccccc1OC)(C(O)CO)C(O)C(C)O. The molecule has 8 nitrogen and oxygen atoms in total. The molecule has 28 heavy (non-hydrogen) atoms. The summed E-state index contributed by atoms with van der Waals surface area (Å²) in [7, 11) is 2.86. The smallest absolute Gasteiger partial charge is 0.308 e. The molecule has 4 N–H and O–H groups in total. The van der Waals surface area contributed by atoms with Crippen LogP contribution in [0.15, 0.2) is 48.5 Å². The highest BCUT2D eigenvalue weighted by molar-refractivity contribution is 5.42. The van der Waals surface area contributed by atoms with Crippen LogP contribution >= 0.6 is 0 Å². The molecule has 0 bridgehead atoms. The molecule has 0 aliphatic heterocycles. The fourth-order valence-electron chi connectivity index (χ4n) is 2.69. The van der Waals surface area contributed by atoms with Gasteiger partial charge in [0.15, 0.2) is 35.2 Å². The van der Waals surface area contributed by atoms with Crippen LogP contribution in [0.25, 0.3) is 0 Å². The first-order valence-corrected chi connectivity index (χ1v) is 8.68. The molecule has 0 aliphatic carbocycles. The van der Waals surface area contributed by atoms with Crippen LogP contribution in [-0.4, -0.2) is 65.4 Å². The number of aliphatic hydroxyl groups excluding tert-OH is 4. The second-order valence-corrected chi connectivity index (χ2v) is 6.11. The van der Waals surface area contributed by atoms with Crippen molar-refractivity contribution < 1.29 is 39.4 Å². The van der Waals surface area contributed by atoms with Gasteiger partial charge in [0.05, 0.1) is 26.9 Å². The third kappa shape index (κ3) is 4.48. The molecule has 0 amide bonds. The monoisotopic (exact) mass is 394 g/mol. The van der Waals surface area contributed by atoms with Crippen molar-refractivity contribution in [3.05, 3.63) is 48.5 Å². The Kier molecular flexibility index (Phi) is 7.47. The Hall–Kier alpha value is -2.52. The van der Waals surface area contributed by atoms with Crippen LogP contribution in [0.3, 0.4) is 0 Å². The van der Waals surface area contributed by atoms with Gasteiger partial charge in [-0.3, -0.25) is 0 Å². The van der Waals surface area contributed by atoms with E-state index >= 15 is 0 Å². The molecule has 0 aliphatic rings. The zero-order valence-corrected chi connectivity index (χ0v) is 16.0. The van der Waals surface area contributed by atoms with E-state index in [0.29, 0.717) is 11.5 Å². The van der Waals surface area contributed by atoms with Crippen LogP contribution in [0, 0.1) is 0 Å². The molecule has 0 saturated heterocycles. The van der Waals surface area contributed by atoms with Gasteiger partial charge in [0.25, 0.3) is 0 Å². The van der Waals surface area contributed by atoms with E-state index in [1.54, 1.807) is 36.4 Å². The Morgan fingerprint density at radius 1 is 0.786 bits per heavy atom. The molecule has 2 rings (SSSR count). The van der Waals surface area contributed by atoms with Crippen molar-refractivity contribution in [2.24, 2.45) is 0 Å². The lowest BCUT2D eigenvalue weighted by Crippen LogP contribution is -2.65. The van der Waals surface area contributed by atoms with Crippen molar-refractivity contribution in [1.29, 1.82) is 0 Å². The first kappa shape index (κ1) is 21.8. The maximum absolute atomic E-state index is 10.7. The summed E-state index contributed by atoms with van der Waals surface area (Å²) in [5, 5.41) is 41.0. The number of para-hydroxylation sites is 4. The molecule has 0 spiro atoms. The van der Waals surface area contributed by atoms with E-state index in [1.807, 2.05) is 0 Å². The van der Waals surface area contributed by atoms with Crippen molar-refractivity contribution in [1.82, 2.24) is 0 Å². The third-order valence-corrected chi connectivity index (χ3v) is 4.18. The second-order valence-electron chi connectivity index (χ2n) is 6.11. The van der Waals surface area contributed by atoms with Gasteiger partial charge >= 0.3 is 5.79 Å². The van der Waals surface area contributed by atoms with Gasteiger partial charge < -0.3 is 39.4 Å². The van der Waals surface area contributed by atoms with Crippen molar-refractivity contribution in [3.8, 4) is 23.0 Å². The zero-order valence-electron chi connectivity index (χ0n) is 16.0. The van der Waals surface area contributed by atoms with Crippen LogP contribution in [0.2, 0.25) is 0 Å². The van der Waals surface area contributed by atoms with Gasteiger partial charge in [-0.05, 0) is 31.2 Å². The van der Waals surface area contributed by atoms with Crippen molar-refractivity contribution in [3.63, 3.8) is 0 Å². The predicted molar refractivity (Wildman–Crippen MR) is 101 cm³/mol. The minimum atomic E-state index is -2.27. The van der Waals surface area contributed by atoms with Crippen LogP contribution in [-0.2, 0) is 0 Å². The van der Waals surface area contributed by atoms with Gasteiger partial charge in [-0.25, -0.2) is 0 Å². The maximum Gasteiger partial charge on any atom is 0.308 e. The molecule has 0 radical (unpaired) electrons. The number of aliphatic hydroxyl groups is 4. The summed E-state index contributed by atoms with van der Waals surface area (Å²) in [6.07, 6.45) is -4.85. The molecule has 0 aromatic heterocycles. The highest BCUT2D eigenvalue weighted by Gasteiger charge is 2.52. The molecular weight excluding hydrogens is 368 g/mol. The Bertz CT molecular complexity index is 699. The summed E-state index contributed by atoms with van der Waals surface area (Å²) in [6.45, 7) is 0.495. The topological polar surface area (TPSA) is 118 Å². The quantitative estimate of drug-likeness (QED) is 0.440. The van der Waals surface area contributed by atoms with E-state index in [4.69, 9.17) is 18.9 Å². The molecule has 0 heterocycles. The third-order valence-electron chi connectivity index (χ3n) is 4.18. The molecule has 0 saturated carbocycles. The maximum atomic E-state index is 10.7. The normalized spacial score (nSPS) is 14.7. The number of benzene rings is 2. The van der Waals surface area contributed by atoms with E-state index in [2.05, 4.69) is 0 Å². The number of hydrogen-bond acceptors (Lipinski definition) is 8. The second kappa shape index (κ2) is 9.61. The molecule has 0 fully saturated rings. The molecule has 154 valence electrons. The molecule has 8 heteroatoms. The average molecular weight is 394 g/mol. The van der Waals surface area contributed by atoms with E-state index in [0.717, 1.165) is 0 Å². The summed E-state index contributed by atoms with van der Waals surface area (Å²) < 4.78 is 22.3. The van der Waals surface area contributed by atoms with Crippen LogP contribution < -0.4 is 18.9 Å². The minimum Gasteiger partial charge on any atom is -0.493 e. The van der Waals surface area contributed by atoms with Crippen molar-refractivity contribution in [2.75, 3.05) is 20.8 Å². The Balaban J connectivity index is 2.60. The van der Waals surface area contributed by atoms with Gasteiger partial charge in [0.1, 0.15) is 0 Å². The lowest BCUT2D eigenvalue weighted by molar-refractivity contribution is -0.263. The van der Waals surface area contributed by atoms with E-state index in [9.17, 15) is 20.4 Å². The Morgan fingerprint density at radius 3 is 1.50 bits per heavy atom.